The number of nitrogens with zero attached hydrogens (tertiary/aromatic N) is 1. The molecule has 0 heterocycles. The lowest BCUT2D eigenvalue weighted by atomic mass is 10.4. The molecule has 0 aliphatic carbocycles. The fourth-order valence-electron chi connectivity index (χ4n) is 1.55. The first kappa shape index (κ1) is 16.9. The number of hydrogen-bond donors (Lipinski definition) is 0. The van der Waals surface area contributed by atoms with E-state index in [1.165, 1.54) is 23.8 Å². The van der Waals surface area contributed by atoms with Crippen molar-refractivity contribution in [1.29, 1.82) is 0 Å². The summed E-state index contributed by atoms with van der Waals surface area (Å²) < 4.78 is 4.60. The van der Waals surface area contributed by atoms with Gasteiger partial charge in [-0.1, -0.05) is 18.5 Å². The molecule has 0 atom stereocenters. The molecule has 20 heavy (non-hydrogen) atoms. The Morgan fingerprint density at radius 3 is 2.50 bits per heavy atom. The molecule has 0 radical (unpaired) electrons. The van der Waals surface area contributed by atoms with E-state index >= 15 is 0 Å². The van der Waals surface area contributed by atoms with E-state index in [1.807, 2.05) is 19.1 Å². The van der Waals surface area contributed by atoms with E-state index in [0.717, 1.165) is 11.3 Å². The molecule has 110 valence electrons. The van der Waals surface area contributed by atoms with Gasteiger partial charge >= 0.3 is 5.97 Å². The predicted octanol–water partition coefficient (Wildman–Crippen LogP) is 2.84. The molecule has 0 aromatic heterocycles. The van der Waals surface area contributed by atoms with E-state index in [4.69, 9.17) is 11.6 Å². The minimum atomic E-state index is -0.400. The van der Waals surface area contributed by atoms with Crippen molar-refractivity contribution in [1.82, 2.24) is 4.90 Å². The van der Waals surface area contributed by atoms with Crippen LogP contribution in [-0.4, -0.2) is 42.7 Å². The van der Waals surface area contributed by atoms with Gasteiger partial charge < -0.3 is 9.64 Å². The quantitative estimate of drug-likeness (QED) is 0.573. The first-order valence-electron chi connectivity index (χ1n) is 6.29. The molecule has 4 nitrogen and oxygen atoms in total. The second-order valence-corrected chi connectivity index (χ2v) is 5.62. The molecule has 0 fully saturated rings. The Morgan fingerprint density at radius 2 is 1.95 bits per heavy atom. The normalized spacial score (nSPS) is 10.2. The van der Waals surface area contributed by atoms with Crippen molar-refractivity contribution >= 4 is 35.2 Å². The number of rotatable bonds is 7. The molecule has 1 amide bonds. The molecule has 0 aliphatic heterocycles. The van der Waals surface area contributed by atoms with Crippen LogP contribution in [0.15, 0.2) is 29.2 Å². The highest BCUT2D eigenvalue weighted by Crippen LogP contribution is 2.20. The zero-order valence-electron chi connectivity index (χ0n) is 11.6. The summed E-state index contributed by atoms with van der Waals surface area (Å²) in [6.45, 7) is 2.52. The molecule has 1 rings (SSSR count). The van der Waals surface area contributed by atoms with Crippen molar-refractivity contribution in [2.75, 3.05) is 26.0 Å². The van der Waals surface area contributed by atoms with Gasteiger partial charge in [-0.15, -0.1) is 11.8 Å². The van der Waals surface area contributed by atoms with Crippen LogP contribution in [0.4, 0.5) is 0 Å². The van der Waals surface area contributed by atoms with Crippen molar-refractivity contribution < 1.29 is 14.3 Å². The van der Waals surface area contributed by atoms with Crippen molar-refractivity contribution in [2.45, 2.75) is 18.2 Å². The summed E-state index contributed by atoms with van der Waals surface area (Å²) >= 11 is 7.23. The Labute approximate surface area is 128 Å². The van der Waals surface area contributed by atoms with E-state index < -0.39 is 5.97 Å². The monoisotopic (exact) mass is 315 g/mol. The molecule has 0 unspecified atom stereocenters. The lowest BCUT2D eigenvalue weighted by molar-refractivity contribution is -0.146. The van der Waals surface area contributed by atoms with Gasteiger partial charge in [0.15, 0.2) is 0 Å². The van der Waals surface area contributed by atoms with Gasteiger partial charge in [-0.05, 0) is 30.7 Å². The van der Waals surface area contributed by atoms with Gasteiger partial charge in [-0.2, -0.15) is 0 Å². The Bertz CT molecular complexity index is 450. The molecule has 0 N–H and O–H groups in total. The van der Waals surface area contributed by atoms with E-state index in [2.05, 4.69) is 4.74 Å². The third kappa shape index (κ3) is 5.84. The average Bonchev–Trinajstić information content (AvgIpc) is 2.45. The van der Waals surface area contributed by atoms with Crippen LogP contribution in [-0.2, 0) is 14.3 Å². The minimum Gasteiger partial charge on any atom is -0.468 e. The molecule has 0 spiro atoms. The van der Waals surface area contributed by atoms with Crippen LogP contribution in [0.5, 0.6) is 0 Å². The van der Waals surface area contributed by atoms with Crippen molar-refractivity contribution in [3.63, 3.8) is 0 Å². The third-order valence-corrected chi connectivity index (χ3v) is 3.82. The summed E-state index contributed by atoms with van der Waals surface area (Å²) in [6, 6.07) is 7.30. The maximum absolute atomic E-state index is 12.1. The van der Waals surface area contributed by atoms with Crippen molar-refractivity contribution in [3.05, 3.63) is 29.3 Å². The Balaban J connectivity index is 2.52. The highest BCUT2D eigenvalue weighted by Gasteiger charge is 2.16. The first-order valence-corrected chi connectivity index (χ1v) is 7.66. The Hall–Kier alpha value is -1.20. The van der Waals surface area contributed by atoms with Crippen LogP contribution in [0.2, 0.25) is 5.02 Å². The number of ether oxygens (including phenoxy) is 1. The van der Waals surface area contributed by atoms with Gasteiger partial charge in [0.05, 0.1) is 12.9 Å². The van der Waals surface area contributed by atoms with Crippen molar-refractivity contribution in [3.8, 4) is 0 Å². The second-order valence-electron chi connectivity index (χ2n) is 4.13. The number of methoxy groups -OCH3 is 1. The number of carbonyl (C=O) groups is 2. The molecule has 0 saturated heterocycles. The van der Waals surface area contributed by atoms with E-state index in [0.29, 0.717) is 17.3 Å². The molecule has 1 aromatic carbocycles. The van der Waals surface area contributed by atoms with Crippen LogP contribution in [0.25, 0.3) is 0 Å². The molecule has 0 aliphatic rings. The average molecular weight is 316 g/mol. The molecular formula is C14H18ClNO3S. The second kappa shape index (κ2) is 8.87. The maximum atomic E-state index is 12.1. The highest BCUT2D eigenvalue weighted by atomic mass is 35.5. The van der Waals surface area contributed by atoms with Gasteiger partial charge in [0.2, 0.25) is 5.91 Å². The first-order chi connectivity index (χ1) is 9.56. The smallest absolute Gasteiger partial charge is 0.325 e. The van der Waals surface area contributed by atoms with Gasteiger partial charge in [0.1, 0.15) is 6.54 Å². The lowest BCUT2D eigenvalue weighted by Gasteiger charge is -2.20. The van der Waals surface area contributed by atoms with E-state index in [9.17, 15) is 9.59 Å². The van der Waals surface area contributed by atoms with Gasteiger partial charge in [0.25, 0.3) is 0 Å². The summed E-state index contributed by atoms with van der Waals surface area (Å²) in [4.78, 5) is 25.9. The number of thioether (sulfide) groups is 1. The SMILES string of the molecule is CCCN(CC(=O)OC)C(=O)CSc1ccc(Cl)cc1. The molecule has 1 aromatic rings. The van der Waals surface area contributed by atoms with Crippen LogP contribution in [0.3, 0.4) is 0 Å². The summed E-state index contributed by atoms with van der Waals surface area (Å²) in [7, 11) is 1.32. The number of carbonyl (C=O) groups excluding carboxylic acids is 2. The summed E-state index contributed by atoms with van der Waals surface area (Å²) in [5.41, 5.74) is 0. The standard InChI is InChI=1S/C14H18ClNO3S/c1-3-8-16(9-14(18)19-2)13(17)10-20-12-6-4-11(15)5-7-12/h4-7H,3,8-10H2,1-2H3. The number of benzene rings is 1. The van der Waals surface area contributed by atoms with Crippen LogP contribution >= 0.6 is 23.4 Å². The molecule has 6 heteroatoms. The lowest BCUT2D eigenvalue weighted by Crippen LogP contribution is -2.37. The molecule has 0 saturated carbocycles. The van der Waals surface area contributed by atoms with E-state index in [-0.39, 0.29) is 12.5 Å². The largest absolute Gasteiger partial charge is 0.468 e. The topological polar surface area (TPSA) is 46.6 Å². The molecule has 0 bridgehead atoms. The third-order valence-electron chi connectivity index (χ3n) is 2.57. The van der Waals surface area contributed by atoms with Crippen molar-refractivity contribution in [2.24, 2.45) is 0 Å². The number of amides is 1. The number of halogens is 1. The minimum absolute atomic E-state index is 0.00432. The van der Waals surface area contributed by atoms with Gasteiger partial charge in [0, 0.05) is 16.5 Å². The Morgan fingerprint density at radius 1 is 1.30 bits per heavy atom. The highest BCUT2D eigenvalue weighted by molar-refractivity contribution is 8.00. The Kier molecular flexibility index (Phi) is 7.47. The number of esters is 1. The fraction of sp³-hybridized carbons (Fsp3) is 0.429. The summed E-state index contributed by atoms with van der Waals surface area (Å²) in [5.74, 6) is -0.181. The zero-order valence-corrected chi connectivity index (χ0v) is 13.2. The summed E-state index contributed by atoms with van der Waals surface area (Å²) in [6.07, 6.45) is 0.800. The van der Waals surface area contributed by atoms with Crippen LogP contribution in [0, 0.1) is 0 Å². The summed E-state index contributed by atoms with van der Waals surface area (Å²) in [5, 5.41) is 0.666. The predicted molar refractivity (Wildman–Crippen MR) is 81.1 cm³/mol. The number of hydrogen-bond acceptors (Lipinski definition) is 4. The maximum Gasteiger partial charge on any atom is 0.325 e. The fourth-order valence-corrected chi connectivity index (χ4v) is 2.48. The van der Waals surface area contributed by atoms with Gasteiger partial charge in [-0.3, -0.25) is 9.59 Å². The van der Waals surface area contributed by atoms with E-state index in [1.54, 1.807) is 12.1 Å². The van der Waals surface area contributed by atoms with Crippen LogP contribution in [0.1, 0.15) is 13.3 Å². The zero-order chi connectivity index (χ0) is 15.0. The van der Waals surface area contributed by atoms with Gasteiger partial charge in [-0.25, -0.2) is 0 Å². The van der Waals surface area contributed by atoms with Crippen LogP contribution < -0.4 is 0 Å². The molecular weight excluding hydrogens is 298 g/mol.